The SMILES string of the molecule is NCCOCCCNC(=O)Cc1cccc2ccccc12. The maximum Gasteiger partial charge on any atom is 0.224 e. The van der Waals surface area contributed by atoms with Crippen LogP contribution in [0.1, 0.15) is 12.0 Å². The molecule has 0 radical (unpaired) electrons. The van der Waals surface area contributed by atoms with E-state index in [0.717, 1.165) is 22.8 Å². The highest BCUT2D eigenvalue weighted by atomic mass is 16.5. The van der Waals surface area contributed by atoms with Crippen molar-refractivity contribution in [2.24, 2.45) is 5.73 Å². The second kappa shape index (κ2) is 8.39. The maximum atomic E-state index is 12.0. The highest BCUT2D eigenvalue weighted by Crippen LogP contribution is 2.18. The number of nitrogens with two attached hydrogens (primary N) is 1. The fourth-order valence-corrected chi connectivity index (χ4v) is 2.27. The number of nitrogens with one attached hydrogen (secondary N) is 1. The third kappa shape index (κ3) is 4.85. The summed E-state index contributed by atoms with van der Waals surface area (Å²) in [4.78, 5) is 12.0. The van der Waals surface area contributed by atoms with Crippen molar-refractivity contribution in [2.75, 3.05) is 26.3 Å². The van der Waals surface area contributed by atoms with E-state index in [4.69, 9.17) is 10.5 Å². The molecule has 0 aromatic heterocycles. The van der Waals surface area contributed by atoms with Gasteiger partial charge in [0.15, 0.2) is 0 Å². The number of carbonyl (C=O) groups is 1. The Hall–Kier alpha value is -1.91. The van der Waals surface area contributed by atoms with Crippen LogP contribution in [-0.4, -0.2) is 32.2 Å². The van der Waals surface area contributed by atoms with Crippen LogP contribution in [0.2, 0.25) is 0 Å². The standard InChI is InChI=1S/C17H22N2O2/c18-9-12-21-11-4-10-19-17(20)13-15-7-3-6-14-5-1-2-8-16(14)15/h1-3,5-8H,4,9-13,18H2,(H,19,20). The fourth-order valence-electron chi connectivity index (χ4n) is 2.27. The van der Waals surface area contributed by atoms with Crippen LogP contribution in [-0.2, 0) is 16.0 Å². The van der Waals surface area contributed by atoms with E-state index in [1.165, 1.54) is 0 Å². The summed E-state index contributed by atoms with van der Waals surface area (Å²) in [6, 6.07) is 14.2. The lowest BCUT2D eigenvalue weighted by Crippen LogP contribution is -2.27. The monoisotopic (exact) mass is 286 g/mol. The van der Waals surface area contributed by atoms with E-state index in [1.807, 2.05) is 24.3 Å². The third-order valence-electron chi connectivity index (χ3n) is 3.28. The molecule has 0 aliphatic carbocycles. The Morgan fingerprint density at radius 2 is 1.90 bits per heavy atom. The van der Waals surface area contributed by atoms with Gasteiger partial charge in [-0.05, 0) is 22.8 Å². The lowest BCUT2D eigenvalue weighted by molar-refractivity contribution is -0.120. The molecule has 0 fully saturated rings. The van der Waals surface area contributed by atoms with Crippen molar-refractivity contribution in [2.45, 2.75) is 12.8 Å². The summed E-state index contributed by atoms with van der Waals surface area (Å²) in [7, 11) is 0. The fraction of sp³-hybridized carbons (Fsp3) is 0.353. The summed E-state index contributed by atoms with van der Waals surface area (Å²) in [5.74, 6) is 0.0465. The number of fused-ring (bicyclic) bond motifs is 1. The summed E-state index contributed by atoms with van der Waals surface area (Å²) in [6.45, 7) is 2.37. The average molecular weight is 286 g/mol. The first-order valence-corrected chi connectivity index (χ1v) is 7.32. The van der Waals surface area contributed by atoms with E-state index < -0.39 is 0 Å². The molecule has 4 nitrogen and oxygen atoms in total. The molecule has 0 aliphatic rings. The second-order valence-corrected chi connectivity index (χ2v) is 4.92. The molecule has 0 saturated heterocycles. The first-order valence-electron chi connectivity index (χ1n) is 7.32. The van der Waals surface area contributed by atoms with Gasteiger partial charge in [-0.2, -0.15) is 0 Å². The zero-order valence-electron chi connectivity index (χ0n) is 12.2. The molecule has 0 bridgehead atoms. The lowest BCUT2D eigenvalue weighted by atomic mass is 10.0. The van der Waals surface area contributed by atoms with E-state index >= 15 is 0 Å². The van der Waals surface area contributed by atoms with Gasteiger partial charge in [-0.1, -0.05) is 42.5 Å². The van der Waals surface area contributed by atoms with Crippen LogP contribution in [0.25, 0.3) is 10.8 Å². The van der Waals surface area contributed by atoms with Crippen LogP contribution < -0.4 is 11.1 Å². The van der Waals surface area contributed by atoms with Gasteiger partial charge in [0.05, 0.1) is 13.0 Å². The summed E-state index contributed by atoms with van der Waals surface area (Å²) in [5, 5.41) is 5.23. The molecule has 4 heteroatoms. The van der Waals surface area contributed by atoms with Crippen LogP contribution in [0.5, 0.6) is 0 Å². The molecule has 2 aromatic rings. The van der Waals surface area contributed by atoms with Gasteiger partial charge in [0.1, 0.15) is 0 Å². The Morgan fingerprint density at radius 3 is 2.76 bits per heavy atom. The third-order valence-corrected chi connectivity index (χ3v) is 3.28. The first-order chi connectivity index (χ1) is 10.3. The van der Waals surface area contributed by atoms with Crippen molar-refractivity contribution in [3.8, 4) is 0 Å². The van der Waals surface area contributed by atoms with E-state index in [0.29, 0.717) is 32.7 Å². The Balaban J connectivity index is 1.82. The number of carbonyl (C=O) groups excluding carboxylic acids is 1. The zero-order valence-corrected chi connectivity index (χ0v) is 12.2. The van der Waals surface area contributed by atoms with Crippen molar-refractivity contribution in [3.63, 3.8) is 0 Å². The number of hydrogen-bond acceptors (Lipinski definition) is 3. The molecule has 0 aliphatic heterocycles. The number of rotatable bonds is 8. The quantitative estimate of drug-likeness (QED) is 0.728. The van der Waals surface area contributed by atoms with Crippen molar-refractivity contribution in [3.05, 3.63) is 48.0 Å². The Bertz CT molecular complexity index is 579. The van der Waals surface area contributed by atoms with E-state index in [9.17, 15) is 4.79 Å². The summed E-state index contributed by atoms with van der Waals surface area (Å²) >= 11 is 0. The van der Waals surface area contributed by atoms with Crippen molar-refractivity contribution >= 4 is 16.7 Å². The lowest BCUT2D eigenvalue weighted by Gasteiger charge is -2.08. The number of benzene rings is 2. The van der Waals surface area contributed by atoms with Crippen LogP contribution in [0.3, 0.4) is 0 Å². The molecule has 2 rings (SSSR count). The average Bonchev–Trinajstić information content (AvgIpc) is 2.51. The molecule has 0 atom stereocenters. The highest BCUT2D eigenvalue weighted by molar-refractivity contribution is 5.90. The molecule has 1 amide bonds. The zero-order chi connectivity index (χ0) is 14.9. The van der Waals surface area contributed by atoms with Crippen molar-refractivity contribution in [1.82, 2.24) is 5.32 Å². The molecule has 0 saturated carbocycles. The molecule has 0 spiro atoms. The Labute approximate surface area is 125 Å². The summed E-state index contributed by atoms with van der Waals surface area (Å²) in [6.07, 6.45) is 1.21. The minimum Gasteiger partial charge on any atom is -0.380 e. The van der Waals surface area contributed by atoms with Crippen molar-refractivity contribution in [1.29, 1.82) is 0 Å². The van der Waals surface area contributed by atoms with E-state index in [2.05, 4.69) is 23.5 Å². The molecular formula is C17H22N2O2. The summed E-state index contributed by atoms with van der Waals surface area (Å²) < 4.78 is 5.26. The minimum absolute atomic E-state index is 0.0465. The van der Waals surface area contributed by atoms with Gasteiger partial charge in [0.25, 0.3) is 0 Å². The van der Waals surface area contributed by atoms with Crippen LogP contribution in [0, 0.1) is 0 Å². The molecule has 112 valence electrons. The topological polar surface area (TPSA) is 64.3 Å². The van der Waals surface area contributed by atoms with E-state index in [-0.39, 0.29) is 5.91 Å². The van der Waals surface area contributed by atoms with Crippen LogP contribution in [0.4, 0.5) is 0 Å². The first kappa shape index (κ1) is 15.5. The normalized spacial score (nSPS) is 10.7. The van der Waals surface area contributed by atoms with Crippen LogP contribution >= 0.6 is 0 Å². The second-order valence-electron chi connectivity index (χ2n) is 4.92. The molecule has 0 heterocycles. The number of ether oxygens (including phenoxy) is 1. The molecule has 2 aromatic carbocycles. The molecule has 0 unspecified atom stereocenters. The van der Waals surface area contributed by atoms with Crippen LogP contribution in [0.15, 0.2) is 42.5 Å². The summed E-state index contributed by atoms with van der Waals surface area (Å²) in [5.41, 5.74) is 6.39. The van der Waals surface area contributed by atoms with Gasteiger partial charge in [0.2, 0.25) is 5.91 Å². The molecular weight excluding hydrogens is 264 g/mol. The predicted molar refractivity (Wildman–Crippen MR) is 85.2 cm³/mol. The maximum absolute atomic E-state index is 12.0. The van der Waals surface area contributed by atoms with Gasteiger partial charge in [-0.25, -0.2) is 0 Å². The Kier molecular flexibility index (Phi) is 6.19. The molecule has 21 heavy (non-hydrogen) atoms. The smallest absolute Gasteiger partial charge is 0.224 e. The number of hydrogen-bond donors (Lipinski definition) is 2. The van der Waals surface area contributed by atoms with Gasteiger partial charge >= 0.3 is 0 Å². The van der Waals surface area contributed by atoms with Crippen molar-refractivity contribution < 1.29 is 9.53 Å². The van der Waals surface area contributed by atoms with Gasteiger partial charge in [-0.3, -0.25) is 4.79 Å². The van der Waals surface area contributed by atoms with Gasteiger partial charge in [-0.15, -0.1) is 0 Å². The number of amides is 1. The molecule has 3 N–H and O–H groups in total. The predicted octanol–water partition coefficient (Wildman–Crippen LogP) is 1.86. The van der Waals surface area contributed by atoms with E-state index in [1.54, 1.807) is 0 Å². The Morgan fingerprint density at radius 1 is 1.10 bits per heavy atom. The highest BCUT2D eigenvalue weighted by Gasteiger charge is 2.06. The largest absolute Gasteiger partial charge is 0.380 e. The van der Waals surface area contributed by atoms with Gasteiger partial charge in [0, 0.05) is 19.7 Å². The van der Waals surface area contributed by atoms with Gasteiger partial charge < -0.3 is 15.8 Å². The minimum atomic E-state index is 0.0465.